The maximum Gasteiger partial charge on any atom is 0.206 e. The number of nitrogens with zero attached hydrogens (tertiary/aromatic N) is 3. The maximum atomic E-state index is 4.66. The normalized spacial score (nSPS) is 12.2. The molecule has 0 unspecified atom stereocenters. The molecule has 0 N–H and O–H groups in total. The largest absolute Gasteiger partial charge is 0.258 e. The monoisotopic (exact) mass is 463 g/mol. The van der Waals surface area contributed by atoms with Gasteiger partial charge < -0.3 is 0 Å². The number of rotatable bonds is 4. The van der Waals surface area contributed by atoms with Crippen molar-refractivity contribution in [2.45, 2.75) is 6.92 Å². The van der Waals surface area contributed by atoms with E-state index in [9.17, 15) is 0 Å². The third kappa shape index (κ3) is 4.12. The van der Waals surface area contributed by atoms with Crippen molar-refractivity contribution in [1.82, 2.24) is 4.68 Å². The summed E-state index contributed by atoms with van der Waals surface area (Å²) in [6.07, 6.45) is 1.86. The summed E-state index contributed by atoms with van der Waals surface area (Å²) in [5.41, 5.74) is 3.19. The predicted octanol–water partition coefficient (Wildman–Crippen LogP) is 5.54. The van der Waals surface area contributed by atoms with Crippen molar-refractivity contribution in [2.75, 3.05) is 6.54 Å². The number of hydrogen-bond donors (Lipinski definition) is 0. The average Bonchev–Trinajstić information content (AvgIpc) is 2.98. The molecule has 0 radical (unpaired) electrons. The van der Waals surface area contributed by atoms with E-state index in [0.717, 1.165) is 37.1 Å². The standard InChI is InChI=1S/C18H15Br2N3S/c1-2-21-18-23(22-11-13-3-7-15(19)8-4-13)17(12-24-18)14-5-9-16(20)10-6-14/h3-12H,2H2,1H3. The van der Waals surface area contributed by atoms with Crippen molar-refractivity contribution in [3.05, 3.63) is 73.2 Å². The molecule has 0 saturated carbocycles. The molecule has 0 atom stereocenters. The minimum Gasteiger partial charge on any atom is -0.258 e. The lowest BCUT2D eigenvalue weighted by Crippen LogP contribution is -2.12. The summed E-state index contributed by atoms with van der Waals surface area (Å²) in [6.45, 7) is 2.76. The Morgan fingerprint density at radius 1 is 1.00 bits per heavy atom. The van der Waals surface area contributed by atoms with Crippen LogP contribution < -0.4 is 4.80 Å². The molecule has 122 valence electrons. The molecular weight excluding hydrogens is 450 g/mol. The quantitative estimate of drug-likeness (QED) is 0.453. The Kier molecular flexibility index (Phi) is 5.81. The van der Waals surface area contributed by atoms with Crippen LogP contribution in [0.3, 0.4) is 0 Å². The zero-order chi connectivity index (χ0) is 16.9. The van der Waals surface area contributed by atoms with E-state index in [1.807, 2.05) is 54.2 Å². The molecule has 1 aromatic heterocycles. The molecule has 3 nitrogen and oxygen atoms in total. The average molecular weight is 465 g/mol. The molecule has 0 aliphatic rings. The van der Waals surface area contributed by atoms with Gasteiger partial charge in [0.25, 0.3) is 0 Å². The van der Waals surface area contributed by atoms with Crippen molar-refractivity contribution in [2.24, 2.45) is 10.1 Å². The van der Waals surface area contributed by atoms with Gasteiger partial charge in [0.15, 0.2) is 0 Å². The molecule has 3 rings (SSSR count). The van der Waals surface area contributed by atoms with Crippen molar-refractivity contribution in [1.29, 1.82) is 0 Å². The van der Waals surface area contributed by atoms with Gasteiger partial charge in [-0.1, -0.05) is 56.1 Å². The first kappa shape index (κ1) is 17.3. The Hall–Kier alpha value is -1.50. The summed E-state index contributed by atoms with van der Waals surface area (Å²) < 4.78 is 4.02. The Balaban J connectivity index is 2.04. The molecule has 24 heavy (non-hydrogen) atoms. The van der Waals surface area contributed by atoms with E-state index in [1.165, 1.54) is 0 Å². The SMILES string of the molecule is CCN=c1scc(-c2ccc(Br)cc2)n1N=Cc1ccc(Br)cc1. The van der Waals surface area contributed by atoms with Crippen LogP contribution in [0.2, 0.25) is 0 Å². The van der Waals surface area contributed by atoms with E-state index < -0.39 is 0 Å². The highest BCUT2D eigenvalue weighted by atomic mass is 79.9. The van der Waals surface area contributed by atoms with E-state index in [1.54, 1.807) is 11.3 Å². The second-order valence-corrected chi connectivity index (χ2v) is 7.66. The summed E-state index contributed by atoms with van der Waals surface area (Å²) in [6, 6.07) is 16.3. The first-order valence-electron chi connectivity index (χ1n) is 7.44. The number of halogens is 2. The molecular formula is C18H15Br2N3S. The molecule has 0 bridgehead atoms. The van der Waals surface area contributed by atoms with Crippen LogP contribution in [-0.4, -0.2) is 17.4 Å². The Bertz CT molecular complexity index is 907. The number of thiazole rings is 1. The van der Waals surface area contributed by atoms with Crippen LogP contribution in [0.25, 0.3) is 11.3 Å². The van der Waals surface area contributed by atoms with E-state index in [0.29, 0.717) is 0 Å². The van der Waals surface area contributed by atoms with Crippen LogP contribution in [0.4, 0.5) is 0 Å². The summed E-state index contributed by atoms with van der Waals surface area (Å²) in [4.78, 5) is 5.44. The minimum absolute atomic E-state index is 0.730. The molecule has 2 aromatic carbocycles. The Morgan fingerprint density at radius 3 is 2.25 bits per heavy atom. The zero-order valence-electron chi connectivity index (χ0n) is 13.0. The third-order valence-electron chi connectivity index (χ3n) is 3.31. The third-order valence-corrected chi connectivity index (χ3v) is 5.22. The van der Waals surface area contributed by atoms with Crippen LogP contribution in [-0.2, 0) is 0 Å². The molecule has 3 aromatic rings. The fourth-order valence-corrected chi connectivity index (χ4v) is 3.58. The lowest BCUT2D eigenvalue weighted by atomic mass is 10.2. The van der Waals surface area contributed by atoms with Gasteiger partial charge in [0.05, 0.1) is 11.9 Å². The van der Waals surface area contributed by atoms with Gasteiger partial charge in [-0.25, -0.2) is 4.68 Å². The molecule has 1 heterocycles. The molecule has 0 fully saturated rings. The number of hydrogen-bond acceptors (Lipinski definition) is 3. The van der Waals surface area contributed by atoms with Crippen LogP contribution >= 0.6 is 43.2 Å². The van der Waals surface area contributed by atoms with Crippen molar-refractivity contribution in [3.63, 3.8) is 0 Å². The van der Waals surface area contributed by atoms with E-state index >= 15 is 0 Å². The zero-order valence-corrected chi connectivity index (χ0v) is 17.0. The molecule has 0 amide bonds. The molecule has 0 spiro atoms. The van der Waals surface area contributed by atoms with E-state index in [2.05, 4.69) is 59.5 Å². The van der Waals surface area contributed by atoms with Crippen molar-refractivity contribution in [3.8, 4) is 11.3 Å². The van der Waals surface area contributed by atoms with Crippen LogP contribution in [0.5, 0.6) is 0 Å². The summed E-state index contributed by atoms with van der Waals surface area (Å²) in [5, 5.41) is 6.76. The highest BCUT2D eigenvalue weighted by molar-refractivity contribution is 9.10. The molecule has 0 aliphatic heterocycles. The van der Waals surface area contributed by atoms with Gasteiger partial charge in [-0.15, -0.1) is 11.3 Å². The minimum atomic E-state index is 0.730. The number of benzene rings is 2. The second kappa shape index (κ2) is 8.05. The van der Waals surface area contributed by atoms with Gasteiger partial charge >= 0.3 is 0 Å². The predicted molar refractivity (Wildman–Crippen MR) is 109 cm³/mol. The molecule has 6 heteroatoms. The number of aromatic nitrogens is 1. The topological polar surface area (TPSA) is 29.6 Å². The van der Waals surface area contributed by atoms with Gasteiger partial charge in [-0.05, 0) is 36.8 Å². The highest BCUT2D eigenvalue weighted by Crippen LogP contribution is 2.22. The second-order valence-electron chi connectivity index (χ2n) is 4.99. The van der Waals surface area contributed by atoms with Gasteiger partial charge in [-0.2, -0.15) is 5.10 Å². The Labute approximate surface area is 161 Å². The van der Waals surface area contributed by atoms with E-state index in [-0.39, 0.29) is 0 Å². The molecule has 0 saturated heterocycles. The van der Waals surface area contributed by atoms with Gasteiger partial charge in [0.1, 0.15) is 0 Å². The first-order chi connectivity index (χ1) is 11.7. The fraction of sp³-hybridized carbons (Fsp3) is 0.111. The summed E-state index contributed by atoms with van der Waals surface area (Å²) >= 11 is 8.53. The summed E-state index contributed by atoms with van der Waals surface area (Å²) in [7, 11) is 0. The van der Waals surface area contributed by atoms with Gasteiger partial charge in [0, 0.05) is 26.4 Å². The van der Waals surface area contributed by atoms with Crippen LogP contribution in [0.1, 0.15) is 12.5 Å². The fourth-order valence-electron chi connectivity index (χ4n) is 2.15. The highest BCUT2D eigenvalue weighted by Gasteiger charge is 2.07. The smallest absolute Gasteiger partial charge is 0.206 e. The lowest BCUT2D eigenvalue weighted by Gasteiger charge is -2.04. The van der Waals surface area contributed by atoms with Crippen LogP contribution in [0.15, 0.2) is 73.0 Å². The van der Waals surface area contributed by atoms with Gasteiger partial charge in [0.2, 0.25) is 4.80 Å². The van der Waals surface area contributed by atoms with Crippen molar-refractivity contribution < 1.29 is 0 Å². The van der Waals surface area contributed by atoms with Crippen molar-refractivity contribution >= 4 is 49.4 Å². The maximum absolute atomic E-state index is 4.66. The molecule has 0 aliphatic carbocycles. The first-order valence-corrected chi connectivity index (χ1v) is 9.91. The summed E-state index contributed by atoms with van der Waals surface area (Å²) in [5.74, 6) is 0. The van der Waals surface area contributed by atoms with Gasteiger partial charge in [-0.3, -0.25) is 4.99 Å². The Morgan fingerprint density at radius 2 is 1.62 bits per heavy atom. The van der Waals surface area contributed by atoms with Crippen LogP contribution in [0, 0.1) is 0 Å². The lowest BCUT2D eigenvalue weighted by molar-refractivity contribution is 0.833. The van der Waals surface area contributed by atoms with E-state index in [4.69, 9.17) is 0 Å².